The zero-order chi connectivity index (χ0) is 60.9. The molecule has 0 aromatic heterocycles. The molecule has 0 heterocycles. The smallest absolute Gasteiger partial charge is 0.507 e. The lowest BCUT2D eigenvalue weighted by Crippen LogP contribution is -2.19. The topological polar surface area (TPSA) is 211 Å². The van der Waals surface area contributed by atoms with Gasteiger partial charge in [-0.3, -0.25) is 0 Å². The van der Waals surface area contributed by atoms with Crippen LogP contribution in [0.15, 0.2) is 109 Å². The Kier molecular flexibility index (Phi) is 21.0. The minimum absolute atomic E-state index is 0.153. The molecule has 6 rings (SSSR count). The van der Waals surface area contributed by atoms with Crippen LogP contribution in [0.5, 0.6) is 51.7 Å². The molecule has 14 nitrogen and oxygen atoms in total. The standard InChI is InChI=1S/C42H63O7P.C21H21O4P.H3O3P/c1-37(2,3)28-19-25(20-29(34(28)43)38(4,5)6)47-50(46,48-26-21-30(39(7,8)9)35(44)31(22-26)40(10,11)12)49-27-23-32(41(13,14)15)36(45)33(24-27)42(16,17)18;1-16-4-10-19(11-5-16)23-26(22,24-20-12-6-17(2)7-13-20)25-21-14-8-18(3)9-15-21;1-4(2)3/h19-24,43-45H,1-18H3;4-15H,1-3H3;1-3H. The number of rotatable bonds is 12. The van der Waals surface area contributed by atoms with Crippen molar-refractivity contribution in [2.24, 2.45) is 0 Å². The van der Waals surface area contributed by atoms with Crippen molar-refractivity contribution in [2.75, 3.05) is 0 Å². The molecule has 0 aliphatic carbocycles. The summed E-state index contributed by atoms with van der Waals surface area (Å²) in [7, 11) is -11.2. The lowest BCUT2D eigenvalue weighted by molar-refractivity contribution is 0.294. The van der Waals surface area contributed by atoms with E-state index in [2.05, 4.69) is 0 Å². The normalized spacial score (nSPS) is 12.6. The van der Waals surface area contributed by atoms with Gasteiger partial charge in [0, 0.05) is 33.4 Å². The first kappa shape index (κ1) is 66.8. The highest BCUT2D eigenvalue weighted by Gasteiger charge is 2.39. The van der Waals surface area contributed by atoms with E-state index >= 15 is 4.57 Å². The summed E-state index contributed by atoms with van der Waals surface area (Å²) in [5, 5.41) is 34.2. The highest BCUT2D eigenvalue weighted by atomic mass is 31.2. The van der Waals surface area contributed by atoms with Crippen molar-refractivity contribution < 1.29 is 66.3 Å². The molecule has 0 radical (unpaired) electrons. The minimum Gasteiger partial charge on any atom is -0.507 e. The molecular weight excluding hydrogens is 1070 g/mol. The molecule has 0 unspecified atom stereocenters. The van der Waals surface area contributed by atoms with E-state index < -0.39 is 56.7 Å². The zero-order valence-corrected chi connectivity index (χ0v) is 53.4. The Morgan fingerprint density at radius 2 is 0.438 bits per heavy atom. The van der Waals surface area contributed by atoms with E-state index in [1.54, 1.807) is 72.8 Å². The van der Waals surface area contributed by atoms with Gasteiger partial charge in [-0.25, -0.2) is 0 Å². The van der Waals surface area contributed by atoms with E-state index in [1.165, 1.54) is 0 Å². The molecule has 0 aliphatic heterocycles. The van der Waals surface area contributed by atoms with Crippen molar-refractivity contribution >= 4 is 24.2 Å². The van der Waals surface area contributed by atoms with Crippen LogP contribution in [0.4, 0.5) is 0 Å². The SMILES string of the molecule is CC(C)(C)c1cc(OP(=O)(Oc2cc(C(C)(C)C)c(O)c(C(C)(C)C)c2)Oc2cc(C(C)(C)C)c(O)c(C(C)(C)C)c2)cc(C(C)(C)C)c1O.Cc1ccc(OP(=O)(Oc2ccc(C)cc2)Oc2ccc(C)cc2)cc1.OP(O)O. The lowest BCUT2D eigenvalue weighted by atomic mass is 9.79. The summed E-state index contributed by atoms with van der Waals surface area (Å²) in [6, 6.07) is 31.7. The van der Waals surface area contributed by atoms with Crippen LogP contribution in [-0.4, -0.2) is 30.0 Å². The number of hydrogen-bond acceptors (Lipinski definition) is 14. The van der Waals surface area contributed by atoms with Crippen LogP contribution in [0, 0.1) is 20.8 Å². The van der Waals surface area contributed by atoms with Gasteiger partial charge in [-0.15, -0.1) is 0 Å². The molecule has 0 atom stereocenters. The summed E-state index contributed by atoms with van der Waals surface area (Å²) in [6.45, 7) is 41.7. The number of phenolic OH excluding ortho intramolecular Hbond substituents is 3. The summed E-state index contributed by atoms with van der Waals surface area (Å²) >= 11 is 0. The summed E-state index contributed by atoms with van der Waals surface area (Å²) in [5.41, 5.74) is 4.09. The highest BCUT2D eigenvalue weighted by Crippen LogP contribution is 2.56. The number of aryl methyl sites for hydroxylation is 3. The van der Waals surface area contributed by atoms with Gasteiger partial charge in [0.15, 0.2) is 0 Å². The summed E-state index contributed by atoms with van der Waals surface area (Å²) in [6.07, 6.45) is 0. The van der Waals surface area contributed by atoms with Crippen molar-refractivity contribution in [3.63, 3.8) is 0 Å². The second kappa shape index (κ2) is 25.2. The van der Waals surface area contributed by atoms with E-state index in [-0.39, 0.29) is 34.5 Å². The Bertz CT molecular complexity index is 2710. The van der Waals surface area contributed by atoms with Crippen LogP contribution in [0.2, 0.25) is 0 Å². The van der Waals surface area contributed by atoms with Crippen LogP contribution in [-0.2, 0) is 41.6 Å². The van der Waals surface area contributed by atoms with E-state index in [0.717, 1.165) is 16.7 Å². The predicted molar refractivity (Wildman–Crippen MR) is 323 cm³/mol. The molecule has 6 aromatic rings. The largest absolute Gasteiger partial charge is 0.647 e. The first-order chi connectivity index (χ1) is 36.3. The number of hydrogen-bond donors (Lipinski definition) is 6. The maximum Gasteiger partial charge on any atom is 0.647 e. The molecule has 0 saturated carbocycles. The van der Waals surface area contributed by atoms with Crippen molar-refractivity contribution in [3.8, 4) is 51.7 Å². The fourth-order valence-corrected chi connectivity index (χ4v) is 10.6. The van der Waals surface area contributed by atoms with Gasteiger partial charge < -0.3 is 57.1 Å². The second-order valence-corrected chi connectivity index (χ2v) is 29.7. The summed E-state index contributed by atoms with van der Waals surface area (Å²) in [5.74, 6) is 2.32. The number of benzene rings is 6. The van der Waals surface area contributed by atoms with Gasteiger partial charge in [-0.1, -0.05) is 178 Å². The Hall–Kier alpha value is -5.71. The van der Waals surface area contributed by atoms with Crippen LogP contribution in [0.3, 0.4) is 0 Å². The average molecular weight is 1160 g/mol. The van der Waals surface area contributed by atoms with Crippen molar-refractivity contribution in [1.29, 1.82) is 0 Å². The fourth-order valence-electron chi connectivity index (χ4n) is 8.10. The van der Waals surface area contributed by atoms with Crippen LogP contribution >= 0.6 is 24.2 Å². The molecule has 17 heteroatoms. The Balaban J connectivity index is 0.000000380. The van der Waals surface area contributed by atoms with Crippen LogP contribution in [0.1, 0.15) is 175 Å². The predicted octanol–water partition coefficient (Wildman–Crippen LogP) is 17.7. The molecule has 80 heavy (non-hydrogen) atoms. The minimum atomic E-state index is -4.61. The molecule has 0 spiro atoms. The zero-order valence-electron chi connectivity index (χ0n) is 50.7. The average Bonchev–Trinajstić information content (AvgIpc) is 3.28. The van der Waals surface area contributed by atoms with Gasteiger partial charge in [0.1, 0.15) is 51.7 Å². The second-order valence-electron chi connectivity index (χ2n) is 26.3. The third-order valence-electron chi connectivity index (χ3n) is 12.5. The van der Waals surface area contributed by atoms with E-state index in [9.17, 15) is 19.9 Å². The molecule has 0 fully saturated rings. The number of aromatic hydroxyl groups is 3. The summed E-state index contributed by atoms with van der Waals surface area (Å²) in [4.78, 5) is 21.7. The van der Waals surface area contributed by atoms with Crippen molar-refractivity contribution in [3.05, 3.63) is 159 Å². The number of phosphoric acid groups is 2. The van der Waals surface area contributed by atoms with Crippen LogP contribution < -0.4 is 27.1 Å². The monoisotopic (exact) mass is 1160 g/mol. The molecule has 6 N–H and O–H groups in total. The molecule has 438 valence electrons. The Labute approximate surface area is 477 Å². The van der Waals surface area contributed by atoms with Gasteiger partial charge in [0.2, 0.25) is 0 Å². The van der Waals surface area contributed by atoms with E-state index in [0.29, 0.717) is 50.6 Å². The third kappa shape index (κ3) is 19.2. The van der Waals surface area contributed by atoms with Gasteiger partial charge >= 0.3 is 24.2 Å². The molecule has 0 amide bonds. The van der Waals surface area contributed by atoms with E-state index in [1.807, 2.05) is 182 Å². The van der Waals surface area contributed by atoms with Gasteiger partial charge in [0.25, 0.3) is 0 Å². The Morgan fingerprint density at radius 3 is 0.575 bits per heavy atom. The Morgan fingerprint density at radius 1 is 0.300 bits per heavy atom. The van der Waals surface area contributed by atoms with Crippen molar-refractivity contribution in [1.82, 2.24) is 0 Å². The third-order valence-corrected chi connectivity index (χ3v) is 15.1. The lowest BCUT2D eigenvalue weighted by Gasteiger charge is -2.30. The molecule has 6 aromatic carbocycles. The van der Waals surface area contributed by atoms with Crippen LogP contribution in [0.25, 0.3) is 0 Å². The molecular formula is C63H87O14P3. The molecule has 0 bridgehead atoms. The maximum absolute atomic E-state index is 15.3. The number of phosphoric ester groups is 2. The molecule has 0 saturated heterocycles. The molecule has 0 aliphatic rings. The van der Waals surface area contributed by atoms with Gasteiger partial charge in [-0.2, -0.15) is 9.13 Å². The quantitative estimate of drug-likeness (QED) is 0.0630. The first-order valence-electron chi connectivity index (χ1n) is 26.4. The van der Waals surface area contributed by atoms with Crippen molar-refractivity contribution in [2.45, 2.75) is 178 Å². The van der Waals surface area contributed by atoms with E-state index in [4.69, 9.17) is 41.8 Å². The summed E-state index contributed by atoms with van der Waals surface area (Å²) < 4.78 is 64.6. The van der Waals surface area contributed by atoms with Gasteiger partial charge in [0.05, 0.1) is 0 Å². The highest BCUT2D eigenvalue weighted by molar-refractivity contribution is 7.50. The maximum atomic E-state index is 15.3. The first-order valence-corrected chi connectivity index (χ1v) is 30.5. The fraction of sp³-hybridized carbons (Fsp3) is 0.429. The number of phenols is 3. The van der Waals surface area contributed by atoms with Gasteiger partial charge in [-0.05, 0) is 126 Å².